The number of nitrogens with zero attached hydrogens (tertiary/aromatic N) is 3. The molecule has 0 saturated heterocycles. The molecular weight excluding hydrogens is 290 g/mol. The minimum atomic E-state index is -0.602. The molecule has 1 aromatic carbocycles. The molecule has 2 N–H and O–H groups in total. The Hall–Kier alpha value is -3.64. The van der Waals surface area contributed by atoms with Crippen LogP contribution in [0.4, 0.5) is 11.5 Å². The summed E-state index contributed by atoms with van der Waals surface area (Å²) in [5, 5.41) is 23.5. The van der Waals surface area contributed by atoms with Crippen molar-refractivity contribution in [2.75, 3.05) is 10.6 Å². The van der Waals surface area contributed by atoms with Crippen molar-refractivity contribution >= 4 is 17.4 Å². The van der Waals surface area contributed by atoms with Crippen LogP contribution in [0.3, 0.4) is 0 Å². The van der Waals surface area contributed by atoms with Gasteiger partial charge >= 0.3 is 0 Å². The van der Waals surface area contributed by atoms with Crippen LogP contribution in [0, 0.1) is 29.6 Å². The minimum Gasteiger partial charge on any atom is -0.345 e. The Kier molecular flexibility index (Phi) is 5.06. The summed E-state index contributed by atoms with van der Waals surface area (Å²) in [7, 11) is 0. The van der Waals surface area contributed by atoms with Gasteiger partial charge in [0.25, 0.3) is 5.91 Å². The number of amides is 1. The number of hydrogen-bond acceptors (Lipinski definition) is 5. The monoisotopic (exact) mass is 303 g/mol. The second-order valence-electron chi connectivity index (χ2n) is 4.65. The molecule has 23 heavy (non-hydrogen) atoms. The average molecular weight is 303 g/mol. The average Bonchev–Trinajstić information content (AvgIpc) is 2.57. The van der Waals surface area contributed by atoms with E-state index in [1.54, 1.807) is 36.5 Å². The molecule has 1 aromatic heterocycles. The van der Waals surface area contributed by atoms with Crippen molar-refractivity contribution < 1.29 is 4.79 Å². The molecule has 2 aromatic rings. The fraction of sp³-hybridized carbons (Fsp3) is 0.0588. The van der Waals surface area contributed by atoms with E-state index in [9.17, 15) is 4.79 Å². The van der Waals surface area contributed by atoms with E-state index in [-0.39, 0.29) is 5.57 Å². The summed E-state index contributed by atoms with van der Waals surface area (Å²) in [5.74, 6) is -0.0802. The third kappa shape index (κ3) is 4.16. The number of aromatic nitrogens is 1. The summed E-state index contributed by atoms with van der Waals surface area (Å²) >= 11 is 0. The summed E-state index contributed by atoms with van der Waals surface area (Å²) in [6, 6.07) is 14.0. The van der Waals surface area contributed by atoms with Crippen molar-refractivity contribution in [1.29, 1.82) is 10.5 Å². The molecular formula is C17H13N5O. The molecule has 0 aliphatic heterocycles. The van der Waals surface area contributed by atoms with E-state index in [0.29, 0.717) is 17.1 Å². The highest BCUT2D eigenvalue weighted by atomic mass is 16.1. The highest BCUT2D eigenvalue weighted by Gasteiger charge is 2.11. The molecule has 0 atom stereocenters. The number of pyridine rings is 1. The van der Waals surface area contributed by atoms with Crippen molar-refractivity contribution in [3.8, 4) is 12.1 Å². The van der Waals surface area contributed by atoms with Gasteiger partial charge in [-0.3, -0.25) is 4.79 Å². The SMILES string of the molecule is Cc1ccc(N/C=C(/C#N)C(=O)Nc2ccccc2C#N)nc1. The molecule has 0 radical (unpaired) electrons. The Morgan fingerprint density at radius 2 is 2.00 bits per heavy atom. The first-order valence-corrected chi connectivity index (χ1v) is 6.74. The minimum absolute atomic E-state index is 0.125. The number of nitriles is 2. The highest BCUT2D eigenvalue weighted by Crippen LogP contribution is 2.14. The van der Waals surface area contributed by atoms with E-state index >= 15 is 0 Å². The maximum Gasteiger partial charge on any atom is 0.267 e. The Morgan fingerprint density at radius 3 is 2.65 bits per heavy atom. The summed E-state index contributed by atoms with van der Waals surface area (Å²) < 4.78 is 0. The van der Waals surface area contributed by atoms with E-state index in [4.69, 9.17) is 10.5 Å². The maximum absolute atomic E-state index is 12.1. The quantitative estimate of drug-likeness (QED) is 0.668. The largest absolute Gasteiger partial charge is 0.345 e. The van der Waals surface area contributed by atoms with Crippen molar-refractivity contribution in [1.82, 2.24) is 4.98 Å². The van der Waals surface area contributed by atoms with Gasteiger partial charge in [-0.15, -0.1) is 0 Å². The molecule has 6 heteroatoms. The zero-order valence-electron chi connectivity index (χ0n) is 12.4. The van der Waals surface area contributed by atoms with Crippen LogP contribution in [0.2, 0.25) is 0 Å². The highest BCUT2D eigenvalue weighted by molar-refractivity contribution is 6.07. The van der Waals surface area contributed by atoms with Crippen molar-refractivity contribution in [2.45, 2.75) is 6.92 Å². The number of carbonyl (C=O) groups excluding carboxylic acids is 1. The number of para-hydroxylation sites is 1. The molecule has 112 valence electrons. The Morgan fingerprint density at radius 1 is 1.22 bits per heavy atom. The second-order valence-corrected chi connectivity index (χ2v) is 4.65. The van der Waals surface area contributed by atoms with Gasteiger partial charge < -0.3 is 10.6 Å². The van der Waals surface area contributed by atoms with E-state index in [1.807, 2.05) is 25.1 Å². The number of benzene rings is 1. The lowest BCUT2D eigenvalue weighted by Crippen LogP contribution is -2.15. The fourth-order valence-electron chi connectivity index (χ4n) is 1.73. The van der Waals surface area contributed by atoms with Gasteiger partial charge in [0.15, 0.2) is 0 Å². The molecule has 6 nitrogen and oxygen atoms in total. The summed E-state index contributed by atoms with van der Waals surface area (Å²) in [4.78, 5) is 16.2. The molecule has 0 aliphatic carbocycles. The van der Waals surface area contributed by atoms with E-state index in [1.165, 1.54) is 6.20 Å². The summed E-state index contributed by atoms with van der Waals surface area (Å²) in [6.45, 7) is 1.91. The number of anilines is 2. The van der Waals surface area contributed by atoms with E-state index < -0.39 is 5.91 Å². The first-order chi connectivity index (χ1) is 11.1. The molecule has 2 rings (SSSR count). The van der Waals surface area contributed by atoms with E-state index in [2.05, 4.69) is 15.6 Å². The van der Waals surface area contributed by atoms with Crippen LogP contribution >= 0.6 is 0 Å². The lowest BCUT2D eigenvalue weighted by atomic mass is 10.2. The fourth-order valence-corrected chi connectivity index (χ4v) is 1.73. The van der Waals surface area contributed by atoms with Gasteiger partial charge in [-0.1, -0.05) is 18.2 Å². The normalized spacial score (nSPS) is 10.3. The van der Waals surface area contributed by atoms with Crippen LogP contribution in [0.5, 0.6) is 0 Å². The van der Waals surface area contributed by atoms with Crippen molar-refractivity contribution in [3.63, 3.8) is 0 Å². The van der Waals surface area contributed by atoms with Crippen LogP contribution in [-0.2, 0) is 4.79 Å². The molecule has 0 unspecified atom stereocenters. The van der Waals surface area contributed by atoms with E-state index in [0.717, 1.165) is 5.56 Å². The molecule has 1 amide bonds. The molecule has 0 spiro atoms. The van der Waals surface area contributed by atoms with Gasteiger partial charge in [0.05, 0.1) is 11.3 Å². The first kappa shape index (κ1) is 15.7. The van der Waals surface area contributed by atoms with Gasteiger partial charge in [-0.25, -0.2) is 4.98 Å². The number of aryl methyl sites for hydroxylation is 1. The number of rotatable bonds is 4. The van der Waals surface area contributed by atoms with Crippen molar-refractivity contribution in [3.05, 3.63) is 65.5 Å². The molecule has 0 aliphatic rings. The van der Waals surface area contributed by atoms with Gasteiger partial charge in [0, 0.05) is 12.4 Å². The van der Waals surface area contributed by atoms with Gasteiger partial charge in [0.1, 0.15) is 23.5 Å². The number of nitrogens with one attached hydrogen (secondary N) is 2. The molecule has 0 saturated carbocycles. The molecule has 1 heterocycles. The zero-order valence-corrected chi connectivity index (χ0v) is 12.4. The number of carbonyl (C=O) groups is 1. The Labute approximate surface area is 133 Å². The predicted octanol–water partition coefficient (Wildman–Crippen LogP) is 2.72. The van der Waals surface area contributed by atoms with Gasteiger partial charge in [0.2, 0.25) is 0 Å². The summed E-state index contributed by atoms with van der Waals surface area (Å²) in [5.41, 5.74) is 1.56. The molecule has 0 bridgehead atoms. The summed E-state index contributed by atoms with van der Waals surface area (Å²) in [6.07, 6.45) is 2.95. The predicted molar refractivity (Wildman–Crippen MR) is 86.1 cm³/mol. The Balaban J connectivity index is 2.12. The first-order valence-electron chi connectivity index (χ1n) is 6.74. The van der Waals surface area contributed by atoms with Crippen LogP contribution in [0.1, 0.15) is 11.1 Å². The lowest BCUT2D eigenvalue weighted by Gasteiger charge is -2.06. The zero-order chi connectivity index (χ0) is 16.7. The Bertz CT molecular complexity index is 825. The smallest absolute Gasteiger partial charge is 0.267 e. The van der Waals surface area contributed by atoms with Crippen LogP contribution in [0.15, 0.2) is 54.4 Å². The van der Waals surface area contributed by atoms with Gasteiger partial charge in [-0.2, -0.15) is 10.5 Å². The van der Waals surface area contributed by atoms with Crippen LogP contribution < -0.4 is 10.6 Å². The third-order valence-electron chi connectivity index (χ3n) is 2.94. The maximum atomic E-state index is 12.1. The van der Waals surface area contributed by atoms with Crippen molar-refractivity contribution in [2.24, 2.45) is 0 Å². The van der Waals surface area contributed by atoms with Crippen LogP contribution in [0.25, 0.3) is 0 Å². The van der Waals surface area contributed by atoms with Crippen LogP contribution in [-0.4, -0.2) is 10.9 Å². The number of hydrogen-bond donors (Lipinski definition) is 2. The molecule has 0 fully saturated rings. The van der Waals surface area contributed by atoms with Gasteiger partial charge in [-0.05, 0) is 30.7 Å². The second kappa shape index (κ2) is 7.39. The lowest BCUT2D eigenvalue weighted by molar-refractivity contribution is -0.112. The third-order valence-corrected chi connectivity index (χ3v) is 2.94. The standard InChI is InChI=1S/C17H13N5O/c1-12-6-7-16(20-10-12)21-11-14(9-19)17(23)22-15-5-3-2-4-13(15)8-18/h2-7,10-11H,1H3,(H,20,21)(H,22,23)/b14-11-. The topological polar surface area (TPSA) is 102 Å².